The minimum absolute atomic E-state index is 0.296. The van der Waals surface area contributed by atoms with Crippen molar-refractivity contribution in [2.75, 3.05) is 0 Å². The van der Waals surface area contributed by atoms with Crippen LogP contribution in [0, 0.1) is 0 Å². The van der Waals surface area contributed by atoms with Crippen molar-refractivity contribution in [2.45, 2.75) is 45.6 Å². The molecule has 3 rings (SSSR count). The molecule has 1 aliphatic carbocycles. The average molecular weight is 266 g/mol. The van der Waals surface area contributed by atoms with Gasteiger partial charge < -0.3 is 4.74 Å². The summed E-state index contributed by atoms with van der Waals surface area (Å²) in [6, 6.07) is 15.1. The molecule has 104 valence electrons. The van der Waals surface area contributed by atoms with E-state index >= 15 is 0 Å². The average Bonchev–Trinajstić information content (AvgIpc) is 2.85. The molecule has 0 aliphatic heterocycles. The Morgan fingerprint density at radius 3 is 2.70 bits per heavy atom. The normalized spacial score (nSPS) is 13.7. The van der Waals surface area contributed by atoms with Crippen LogP contribution in [0.4, 0.5) is 0 Å². The lowest BCUT2D eigenvalue weighted by Crippen LogP contribution is -2.12. The summed E-state index contributed by atoms with van der Waals surface area (Å²) in [5, 5.41) is 0. The summed E-state index contributed by atoms with van der Waals surface area (Å²) in [5.74, 6) is 1.07. The van der Waals surface area contributed by atoms with Crippen LogP contribution in [0.15, 0.2) is 42.5 Å². The van der Waals surface area contributed by atoms with E-state index in [9.17, 15) is 0 Å². The summed E-state index contributed by atoms with van der Waals surface area (Å²) in [5.41, 5.74) is 5.49. The standard InChI is InChI=1S/C19H22O/c1-3-4-8-14(2)20-19-12-7-11-17-16-10-6-5-9-15(16)13-18(17)19/h5-7,9-12,14H,3-4,8,13H2,1-2H3. The number of rotatable bonds is 5. The highest BCUT2D eigenvalue weighted by Gasteiger charge is 2.21. The van der Waals surface area contributed by atoms with Crippen LogP contribution >= 0.6 is 0 Å². The van der Waals surface area contributed by atoms with E-state index in [4.69, 9.17) is 4.74 Å². The van der Waals surface area contributed by atoms with Crippen molar-refractivity contribution in [1.82, 2.24) is 0 Å². The molecule has 0 bridgehead atoms. The lowest BCUT2D eigenvalue weighted by atomic mass is 10.1. The van der Waals surface area contributed by atoms with Gasteiger partial charge in [0, 0.05) is 12.0 Å². The fourth-order valence-corrected chi connectivity index (χ4v) is 3.01. The van der Waals surface area contributed by atoms with Gasteiger partial charge in [0.25, 0.3) is 0 Å². The van der Waals surface area contributed by atoms with Gasteiger partial charge in [-0.25, -0.2) is 0 Å². The Morgan fingerprint density at radius 2 is 1.85 bits per heavy atom. The van der Waals surface area contributed by atoms with E-state index in [2.05, 4.69) is 56.3 Å². The highest BCUT2D eigenvalue weighted by molar-refractivity contribution is 5.78. The molecule has 0 N–H and O–H groups in total. The molecular weight excluding hydrogens is 244 g/mol. The van der Waals surface area contributed by atoms with Gasteiger partial charge in [0.1, 0.15) is 5.75 Å². The predicted molar refractivity (Wildman–Crippen MR) is 84.3 cm³/mol. The molecule has 0 saturated heterocycles. The number of unbranched alkanes of at least 4 members (excludes halogenated alkanes) is 1. The Labute approximate surface area is 121 Å². The molecule has 0 amide bonds. The Morgan fingerprint density at radius 1 is 1.05 bits per heavy atom. The molecule has 0 radical (unpaired) electrons. The van der Waals surface area contributed by atoms with Gasteiger partial charge in [0.15, 0.2) is 0 Å². The smallest absolute Gasteiger partial charge is 0.123 e. The first-order chi connectivity index (χ1) is 9.79. The van der Waals surface area contributed by atoms with Crippen LogP contribution < -0.4 is 4.74 Å². The zero-order chi connectivity index (χ0) is 13.9. The van der Waals surface area contributed by atoms with Crippen LogP contribution in [-0.2, 0) is 6.42 Å². The third kappa shape index (κ3) is 2.45. The van der Waals surface area contributed by atoms with Gasteiger partial charge in [-0.05, 0) is 36.1 Å². The SMILES string of the molecule is CCCCC(C)Oc1cccc2c1Cc1ccccc1-2. The van der Waals surface area contributed by atoms with Gasteiger partial charge in [0.2, 0.25) is 0 Å². The molecule has 0 fully saturated rings. The van der Waals surface area contributed by atoms with Gasteiger partial charge in [-0.2, -0.15) is 0 Å². The second kappa shape index (κ2) is 5.70. The number of hydrogen-bond acceptors (Lipinski definition) is 1. The molecule has 20 heavy (non-hydrogen) atoms. The monoisotopic (exact) mass is 266 g/mol. The molecule has 1 unspecified atom stereocenters. The van der Waals surface area contributed by atoms with E-state index in [-0.39, 0.29) is 0 Å². The van der Waals surface area contributed by atoms with Crippen LogP contribution in [0.2, 0.25) is 0 Å². The molecule has 1 atom stereocenters. The molecule has 2 aromatic rings. The van der Waals surface area contributed by atoms with Gasteiger partial charge in [-0.15, -0.1) is 0 Å². The van der Waals surface area contributed by atoms with Crippen molar-refractivity contribution in [3.63, 3.8) is 0 Å². The maximum absolute atomic E-state index is 6.19. The molecule has 1 nitrogen and oxygen atoms in total. The molecule has 1 heteroatoms. The van der Waals surface area contributed by atoms with Crippen LogP contribution in [-0.4, -0.2) is 6.10 Å². The predicted octanol–water partition coefficient (Wildman–Crippen LogP) is 5.22. The topological polar surface area (TPSA) is 9.23 Å². The summed E-state index contributed by atoms with van der Waals surface area (Å²) in [6.45, 7) is 4.40. The first-order valence-corrected chi connectivity index (χ1v) is 7.66. The minimum Gasteiger partial charge on any atom is -0.490 e. The maximum atomic E-state index is 6.19. The van der Waals surface area contributed by atoms with Crippen molar-refractivity contribution in [1.29, 1.82) is 0 Å². The molecule has 0 heterocycles. The first kappa shape index (κ1) is 13.2. The number of hydrogen-bond donors (Lipinski definition) is 0. The Hall–Kier alpha value is -1.76. The Bertz CT molecular complexity index is 600. The van der Waals surface area contributed by atoms with E-state index in [1.54, 1.807) is 0 Å². The fraction of sp³-hybridized carbons (Fsp3) is 0.368. The summed E-state index contributed by atoms with van der Waals surface area (Å²) in [7, 11) is 0. The van der Waals surface area contributed by atoms with E-state index in [0.29, 0.717) is 6.10 Å². The van der Waals surface area contributed by atoms with E-state index in [1.807, 2.05) is 0 Å². The van der Waals surface area contributed by atoms with Crippen molar-refractivity contribution in [3.05, 3.63) is 53.6 Å². The van der Waals surface area contributed by atoms with Crippen LogP contribution in [0.1, 0.15) is 44.2 Å². The lowest BCUT2D eigenvalue weighted by molar-refractivity contribution is 0.206. The molecule has 0 spiro atoms. The maximum Gasteiger partial charge on any atom is 0.123 e. The molecule has 0 saturated carbocycles. The van der Waals surface area contributed by atoms with Gasteiger partial charge in [-0.1, -0.05) is 56.2 Å². The number of ether oxygens (including phenoxy) is 1. The number of fused-ring (bicyclic) bond motifs is 3. The third-order valence-electron chi connectivity index (χ3n) is 4.10. The Balaban J connectivity index is 1.86. The fourth-order valence-electron chi connectivity index (χ4n) is 3.01. The van der Waals surface area contributed by atoms with Crippen LogP contribution in [0.25, 0.3) is 11.1 Å². The van der Waals surface area contributed by atoms with Crippen LogP contribution in [0.5, 0.6) is 5.75 Å². The molecule has 1 aliphatic rings. The lowest BCUT2D eigenvalue weighted by Gasteiger charge is -2.17. The summed E-state index contributed by atoms with van der Waals surface area (Å²) in [6.07, 6.45) is 4.89. The zero-order valence-electron chi connectivity index (χ0n) is 12.4. The highest BCUT2D eigenvalue weighted by atomic mass is 16.5. The molecule has 2 aromatic carbocycles. The van der Waals surface area contributed by atoms with Gasteiger partial charge in [-0.3, -0.25) is 0 Å². The first-order valence-electron chi connectivity index (χ1n) is 7.66. The molecular formula is C19H22O. The summed E-state index contributed by atoms with van der Waals surface area (Å²) in [4.78, 5) is 0. The molecule has 0 aromatic heterocycles. The quantitative estimate of drug-likeness (QED) is 0.615. The van der Waals surface area contributed by atoms with E-state index in [0.717, 1.165) is 18.6 Å². The third-order valence-corrected chi connectivity index (χ3v) is 4.10. The Kier molecular flexibility index (Phi) is 3.77. The second-order valence-corrected chi connectivity index (χ2v) is 5.69. The van der Waals surface area contributed by atoms with Crippen molar-refractivity contribution in [2.24, 2.45) is 0 Å². The van der Waals surface area contributed by atoms with Crippen molar-refractivity contribution >= 4 is 0 Å². The summed E-state index contributed by atoms with van der Waals surface area (Å²) >= 11 is 0. The van der Waals surface area contributed by atoms with Crippen LogP contribution in [0.3, 0.4) is 0 Å². The highest BCUT2D eigenvalue weighted by Crippen LogP contribution is 2.41. The number of benzene rings is 2. The zero-order valence-corrected chi connectivity index (χ0v) is 12.4. The van der Waals surface area contributed by atoms with E-state index < -0.39 is 0 Å². The van der Waals surface area contributed by atoms with Crippen molar-refractivity contribution < 1.29 is 4.74 Å². The second-order valence-electron chi connectivity index (χ2n) is 5.69. The minimum atomic E-state index is 0.296. The van der Waals surface area contributed by atoms with Crippen molar-refractivity contribution in [3.8, 4) is 16.9 Å². The van der Waals surface area contributed by atoms with Gasteiger partial charge >= 0.3 is 0 Å². The summed E-state index contributed by atoms with van der Waals surface area (Å²) < 4.78 is 6.19. The van der Waals surface area contributed by atoms with Gasteiger partial charge in [0.05, 0.1) is 6.10 Å². The largest absolute Gasteiger partial charge is 0.490 e. The van der Waals surface area contributed by atoms with E-state index in [1.165, 1.54) is 35.1 Å².